The molecule has 2 aromatic carbocycles. The molecular formula is C16H14ClN3O3S. The van der Waals surface area contributed by atoms with Gasteiger partial charge in [0.05, 0.1) is 17.5 Å². The van der Waals surface area contributed by atoms with Crippen molar-refractivity contribution >= 4 is 38.9 Å². The number of nitrogens with one attached hydrogen (secondary N) is 1. The largest absolute Gasteiger partial charge is 0.324 e. The van der Waals surface area contributed by atoms with E-state index < -0.39 is 22.5 Å². The molecule has 0 bridgehead atoms. The Balaban J connectivity index is 2.27. The Morgan fingerprint density at radius 3 is 2.58 bits per heavy atom. The smallest absolute Gasteiger partial charge is 0.245 e. The van der Waals surface area contributed by atoms with Crippen molar-refractivity contribution in [1.29, 1.82) is 5.26 Å². The number of hydrogen-bond acceptors (Lipinski definition) is 4. The van der Waals surface area contributed by atoms with Gasteiger partial charge in [0.2, 0.25) is 15.9 Å². The van der Waals surface area contributed by atoms with Crippen LogP contribution in [0.2, 0.25) is 5.02 Å². The highest BCUT2D eigenvalue weighted by molar-refractivity contribution is 7.92. The number of benzene rings is 2. The first-order valence-corrected chi connectivity index (χ1v) is 9.06. The molecule has 0 fully saturated rings. The molecule has 0 aliphatic heterocycles. The van der Waals surface area contributed by atoms with E-state index in [0.29, 0.717) is 10.7 Å². The zero-order valence-corrected chi connectivity index (χ0v) is 14.3. The summed E-state index contributed by atoms with van der Waals surface area (Å²) < 4.78 is 25.0. The number of carbonyl (C=O) groups is 1. The minimum atomic E-state index is -3.75. The Morgan fingerprint density at radius 1 is 1.25 bits per heavy atom. The lowest BCUT2D eigenvalue weighted by atomic mass is 10.2. The van der Waals surface area contributed by atoms with Crippen LogP contribution in [0.25, 0.3) is 0 Å². The van der Waals surface area contributed by atoms with E-state index in [4.69, 9.17) is 16.9 Å². The quantitative estimate of drug-likeness (QED) is 0.884. The van der Waals surface area contributed by atoms with Crippen molar-refractivity contribution in [2.45, 2.75) is 0 Å². The lowest BCUT2D eigenvalue weighted by Crippen LogP contribution is -2.37. The van der Waals surface area contributed by atoms with Gasteiger partial charge in [0.25, 0.3) is 0 Å². The number of halogens is 1. The first kappa shape index (κ1) is 17.8. The molecule has 1 N–H and O–H groups in total. The molecular weight excluding hydrogens is 350 g/mol. The van der Waals surface area contributed by atoms with Crippen LogP contribution in [0.15, 0.2) is 48.5 Å². The Morgan fingerprint density at radius 2 is 1.96 bits per heavy atom. The minimum Gasteiger partial charge on any atom is -0.324 e. The summed E-state index contributed by atoms with van der Waals surface area (Å²) in [4.78, 5) is 12.2. The van der Waals surface area contributed by atoms with E-state index in [2.05, 4.69) is 5.32 Å². The number of anilines is 2. The topological polar surface area (TPSA) is 90.3 Å². The third kappa shape index (κ3) is 4.47. The third-order valence-electron chi connectivity index (χ3n) is 3.09. The standard InChI is InChI=1S/C16H14ClN3O3S/c1-24(22,23)20(15-8-3-2-5-12(15)10-18)11-16(21)19-14-7-4-6-13(17)9-14/h2-9H,11H2,1H3,(H,19,21). The van der Waals surface area contributed by atoms with Crippen LogP contribution in [0.3, 0.4) is 0 Å². The highest BCUT2D eigenvalue weighted by Crippen LogP contribution is 2.22. The van der Waals surface area contributed by atoms with Crippen LogP contribution >= 0.6 is 11.6 Å². The summed E-state index contributed by atoms with van der Waals surface area (Å²) in [6.45, 7) is -0.454. The maximum atomic E-state index is 12.2. The number of hydrogen-bond donors (Lipinski definition) is 1. The fraction of sp³-hybridized carbons (Fsp3) is 0.125. The van der Waals surface area contributed by atoms with Gasteiger partial charge in [-0.25, -0.2) is 8.42 Å². The number of para-hydroxylation sites is 1. The van der Waals surface area contributed by atoms with Crippen LogP contribution in [-0.4, -0.2) is 27.1 Å². The molecule has 0 heterocycles. The normalized spacial score (nSPS) is 10.7. The molecule has 0 saturated heterocycles. The van der Waals surface area contributed by atoms with Crippen molar-refractivity contribution in [1.82, 2.24) is 0 Å². The second kappa shape index (κ2) is 7.34. The molecule has 6 nitrogen and oxygen atoms in total. The van der Waals surface area contributed by atoms with Gasteiger partial charge in [-0.3, -0.25) is 9.10 Å². The van der Waals surface area contributed by atoms with Crippen LogP contribution in [0.4, 0.5) is 11.4 Å². The number of sulfonamides is 1. The lowest BCUT2D eigenvalue weighted by Gasteiger charge is -2.22. The number of carbonyl (C=O) groups excluding carboxylic acids is 1. The van der Waals surface area contributed by atoms with E-state index >= 15 is 0 Å². The minimum absolute atomic E-state index is 0.156. The molecule has 0 atom stereocenters. The maximum Gasteiger partial charge on any atom is 0.245 e. The molecule has 0 unspecified atom stereocenters. The average molecular weight is 364 g/mol. The van der Waals surface area contributed by atoms with Gasteiger partial charge in [-0.1, -0.05) is 29.8 Å². The Bertz CT molecular complexity index is 907. The molecule has 124 valence electrons. The monoisotopic (exact) mass is 363 g/mol. The first-order valence-electron chi connectivity index (χ1n) is 6.83. The molecule has 0 aliphatic carbocycles. The second-order valence-corrected chi connectivity index (χ2v) is 7.30. The molecule has 0 radical (unpaired) electrons. The highest BCUT2D eigenvalue weighted by atomic mass is 35.5. The van der Waals surface area contributed by atoms with Gasteiger partial charge in [-0.15, -0.1) is 0 Å². The molecule has 2 aromatic rings. The summed E-state index contributed by atoms with van der Waals surface area (Å²) in [5, 5.41) is 12.2. The van der Waals surface area contributed by atoms with Crippen LogP contribution in [-0.2, 0) is 14.8 Å². The molecule has 0 saturated carbocycles. The van der Waals surface area contributed by atoms with Crippen molar-refractivity contribution in [2.75, 3.05) is 22.4 Å². The van der Waals surface area contributed by atoms with Crippen molar-refractivity contribution in [3.63, 3.8) is 0 Å². The number of nitriles is 1. The van der Waals surface area contributed by atoms with E-state index in [9.17, 15) is 13.2 Å². The van der Waals surface area contributed by atoms with Crippen molar-refractivity contribution in [3.05, 3.63) is 59.1 Å². The van der Waals surface area contributed by atoms with Gasteiger partial charge in [-0.2, -0.15) is 5.26 Å². The third-order valence-corrected chi connectivity index (χ3v) is 4.45. The van der Waals surface area contributed by atoms with E-state index in [1.54, 1.807) is 36.4 Å². The highest BCUT2D eigenvalue weighted by Gasteiger charge is 2.23. The summed E-state index contributed by atoms with van der Waals surface area (Å²) in [7, 11) is -3.75. The van der Waals surface area contributed by atoms with Gasteiger partial charge in [0, 0.05) is 10.7 Å². The van der Waals surface area contributed by atoms with Gasteiger partial charge < -0.3 is 5.32 Å². The van der Waals surface area contributed by atoms with Crippen LogP contribution in [0.1, 0.15) is 5.56 Å². The van der Waals surface area contributed by atoms with Gasteiger partial charge in [-0.05, 0) is 30.3 Å². The lowest BCUT2D eigenvalue weighted by molar-refractivity contribution is -0.114. The van der Waals surface area contributed by atoms with Gasteiger partial charge >= 0.3 is 0 Å². The summed E-state index contributed by atoms with van der Waals surface area (Å²) in [6, 6.07) is 14.6. The average Bonchev–Trinajstić information content (AvgIpc) is 2.51. The SMILES string of the molecule is CS(=O)(=O)N(CC(=O)Nc1cccc(Cl)c1)c1ccccc1C#N. The van der Waals surface area contributed by atoms with E-state index in [0.717, 1.165) is 10.6 Å². The summed E-state index contributed by atoms with van der Waals surface area (Å²) in [5.74, 6) is -0.546. The van der Waals surface area contributed by atoms with E-state index in [-0.39, 0.29) is 11.3 Å². The van der Waals surface area contributed by atoms with Gasteiger partial charge in [0.15, 0.2) is 0 Å². The van der Waals surface area contributed by atoms with Crippen LogP contribution in [0, 0.1) is 11.3 Å². The van der Waals surface area contributed by atoms with Crippen molar-refractivity contribution in [3.8, 4) is 6.07 Å². The molecule has 0 spiro atoms. The summed E-state index contributed by atoms with van der Waals surface area (Å²) in [6.07, 6.45) is 0.980. The zero-order chi connectivity index (χ0) is 17.7. The maximum absolute atomic E-state index is 12.2. The first-order chi connectivity index (χ1) is 11.3. The molecule has 24 heavy (non-hydrogen) atoms. The van der Waals surface area contributed by atoms with Crippen LogP contribution < -0.4 is 9.62 Å². The number of nitrogens with zero attached hydrogens (tertiary/aromatic N) is 2. The predicted octanol–water partition coefficient (Wildman–Crippen LogP) is 2.62. The molecule has 2 rings (SSSR count). The summed E-state index contributed by atoms with van der Waals surface area (Å²) >= 11 is 5.85. The fourth-order valence-electron chi connectivity index (χ4n) is 2.06. The van der Waals surface area contributed by atoms with Crippen LogP contribution in [0.5, 0.6) is 0 Å². The zero-order valence-electron chi connectivity index (χ0n) is 12.7. The Labute approximate surface area is 145 Å². The second-order valence-electron chi connectivity index (χ2n) is 4.96. The van der Waals surface area contributed by atoms with Crippen molar-refractivity contribution < 1.29 is 13.2 Å². The molecule has 8 heteroatoms. The predicted molar refractivity (Wildman–Crippen MR) is 93.4 cm³/mol. The fourth-order valence-corrected chi connectivity index (χ4v) is 3.12. The van der Waals surface area contributed by atoms with Crippen molar-refractivity contribution in [2.24, 2.45) is 0 Å². The molecule has 0 aromatic heterocycles. The van der Waals surface area contributed by atoms with E-state index in [1.807, 2.05) is 6.07 Å². The van der Waals surface area contributed by atoms with E-state index in [1.165, 1.54) is 12.1 Å². The summed E-state index contributed by atoms with van der Waals surface area (Å²) in [5.41, 5.74) is 0.775. The molecule has 1 amide bonds. The van der Waals surface area contributed by atoms with Gasteiger partial charge in [0.1, 0.15) is 12.6 Å². The Kier molecular flexibility index (Phi) is 5.44. The number of amides is 1. The molecule has 0 aliphatic rings. The number of rotatable bonds is 5. The Hall–Kier alpha value is -2.56.